The summed E-state index contributed by atoms with van der Waals surface area (Å²) in [5, 5.41) is 0.832. The highest BCUT2D eigenvalue weighted by molar-refractivity contribution is 6.33. The van der Waals surface area contributed by atoms with Gasteiger partial charge in [-0.3, -0.25) is 0 Å². The van der Waals surface area contributed by atoms with Gasteiger partial charge < -0.3 is 10.6 Å². The Hall–Kier alpha value is -0.730. The number of para-hydroxylation sites is 1. The van der Waals surface area contributed by atoms with Gasteiger partial charge in [-0.15, -0.1) is 0 Å². The molecule has 1 saturated heterocycles. The van der Waals surface area contributed by atoms with Crippen molar-refractivity contribution in [3.8, 4) is 0 Å². The third kappa shape index (κ3) is 2.44. The lowest BCUT2D eigenvalue weighted by atomic mass is 9.91. The first-order valence-corrected chi connectivity index (χ1v) is 5.75. The van der Waals surface area contributed by atoms with Gasteiger partial charge in [-0.25, -0.2) is 0 Å². The van der Waals surface area contributed by atoms with Crippen molar-refractivity contribution < 1.29 is 0 Å². The van der Waals surface area contributed by atoms with Crippen molar-refractivity contribution in [1.82, 2.24) is 0 Å². The van der Waals surface area contributed by atoms with Crippen LogP contribution >= 0.6 is 11.6 Å². The van der Waals surface area contributed by atoms with Crippen LogP contribution in [0.2, 0.25) is 5.02 Å². The summed E-state index contributed by atoms with van der Waals surface area (Å²) in [5.74, 6) is 0. The van der Waals surface area contributed by atoms with Crippen molar-refractivity contribution in [2.45, 2.75) is 25.3 Å². The third-order valence-electron chi connectivity index (χ3n) is 3.10. The van der Waals surface area contributed by atoms with Gasteiger partial charge in [-0.05, 0) is 31.9 Å². The van der Waals surface area contributed by atoms with E-state index in [4.69, 9.17) is 17.3 Å². The minimum absolute atomic E-state index is 0.00223. The van der Waals surface area contributed by atoms with Gasteiger partial charge in [-0.1, -0.05) is 23.7 Å². The number of rotatable bonds is 1. The number of nitrogens with zero attached hydrogens (tertiary/aromatic N) is 1. The summed E-state index contributed by atoms with van der Waals surface area (Å²) in [7, 11) is 0. The number of hydrogen-bond acceptors (Lipinski definition) is 2. The van der Waals surface area contributed by atoms with E-state index in [1.165, 1.54) is 0 Å². The molecule has 0 amide bonds. The molecule has 0 atom stereocenters. The smallest absolute Gasteiger partial charge is 0.0639 e. The molecule has 3 heteroatoms. The Morgan fingerprint density at radius 2 is 1.87 bits per heavy atom. The van der Waals surface area contributed by atoms with Gasteiger partial charge in [0.2, 0.25) is 0 Å². The number of benzene rings is 1. The zero-order valence-electron chi connectivity index (χ0n) is 9.04. The molecule has 15 heavy (non-hydrogen) atoms. The number of nitrogens with two attached hydrogens (primary N) is 1. The van der Waals surface area contributed by atoms with E-state index >= 15 is 0 Å². The summed E-state index contributed by atoms with van der Waals surface area (Å²) in [4.78, 5) is 2.32. The predicted octanol–water partition coefficient (Wildman–Crippen LogP) is 2.66. The third-order valence-corrected chi connectivity index (χ3v) is 3.42. The van der Waals surface area contributed by atoms with E-state index < -0.39 is 0 Å². The molecule has 0 spiro atoms. The van der Waals surface area contributed by atoms with Crippen LogP contribution in [0.15, 0.2) is 24.3 Å². The SMILES string of the molecule is CC1(N)CCN(c2ccccc2Cl)CC1. The maximum Gasteiger partial charge on any atom is 0.0639 e. The lowest BCUT2D eigenvalue weighted by molar-refractivity contribution is 0.364. The molecule has 82 valence electrons. The predicted molar refractivity (Wildman–Crippen MR) is 65.5 cm³/mol. The van der Waals surface area contributed by atoms with Crippen molar-refractivity contribution in [2.75, 3.05) is 18.0 Å². The Morgan fingerprint density at radius 3 is 2.47 bits per heavy atom. The van der Waals surface area contributed by atoms with Crippen LogP contribution in [0, 0.1) is 0 Å². The molecule has 2 nitrogen and oxygen atoms in total. The lowest BCUT2D eigenvalue weighted by Crippen LogP contribution is -2.48. The fraction of sp³-hybridized carbons (Fsp3) is 0.500. The summed E-state index contributed by atoms with van der Waals surface area (Å²) in [6.07, 6.45) is 2.05. The molecule has 0 aliphatic carbocycles. The summed E-state index contributed by atoms with van der Waals surface area (Å²) in [6, 6.07) is 7.99. The molecule has 1 aromatic carbocycles. The normalized spacial score (nSPS) is 20.3. The first-order chi connectivity index (χ1) is 7.08. The molecule has 0 aromatic heterocycles. The zero-order chi connectivity index (χ0) is 10.9. The molecule has 1 aromatic rings. The molecule has 0 unspecified atom stereocenters. The monoisotopic (exact) mass is 224 g/mol. The van der Waals surface area contributed by atoms with E-state index in [-0.39, 0.29) is 5.54 Å². The van der Waals surface area contributed by atoms with Crippen LogP contribution in [-0.4, -0.2) is 18.6 Å². The minimum Gasteiger partial charge on any atom is -0.370 e. The zero-order valence-corrected chi connectivity index (χ0v) is 9.80. The number of hydrogen-bond donors (Lipinski definition) is 1. The van der Waals surface area contributed by atoms with Crippen LogP contribution < -0.4 is 10.6 Å². The average molecular weight is 225 g/mol. The van der Waals surface area contributed by atoms with Gasteiger partial charge >= 0.3 is 0 Å². The summed E-state index contributed by atoms with van der Waals surface area (Å²) in [5.41, 5.74) is 7.23. The van der Waals surface area contributed by atoms with Crippen LogP contribution in [0.1, 0.15) is 19.8 Å². The highest BCUT2D eigenvalue weighted by Gasteiger charge is 2.26. The number of halogens is 1. The second-order valence-electron chi connectivity index (χ2n) is 4.59. The summed E-state index contributed by atoms with van der Waals surface area (Å²) >= 11 is 6.16. The van der Waals surface area contributed by atoms with Crippen molar-refractivity contribution in [2.24, 2.45) is 5.73 Å². The molecule has 1 heterocycles. The van der Waals surface area contributed by atoms with Crippen LogP contribution in [0.4, 0.5) is 5.69 Å². The molecule has 2 N–H and O–H groups in total. The minimum atomic E-state index is -0.00223. The van der Waals surface area contributed by atoms with Gasteiger partial charge in [0.05, 0.1) is 10.7 Å². The van der Waals surface area contributed by atoms with Gasteiger partial charge in [0, 0.05) is 18.6 Å². The van der Waals surface area contributed by atoms with E-state index in [1.807, 2.05) is 18.2 Å². The Bertz CT molecular complexity index is 339. The van der Waals surface area contributed by atoms with E-state index in [9.17, 15) is 0 Å². The Morgan fingerprint density at radius 1 is 1.27 bits per heavy atom. The Kier molecular flexibility index (Phi) is 2.89. The summed E-state index contributed by atoms with van der Waals surface area (Å²) in [6.45, 7) is 4.12. The molecule has 1 aliphatic heterocycles. The standard InChI is InChI=1S/C12H17ClN2/c1-12(14)6-8-15(9-7-12)11-5-3-2-4-10(11)13/h2-5H,6-9,14H2,1H3. The molecular formula is C12H17ClN2. The maximum atomic E-state index is 6.16. The average Bonchev–Trinajstić information content (AvgIpc) is 2.19. The molecule has 1 fully saturated rings. The quantitative estimate of drug-likeness (QED) is 0.795. The maximum absolute atomic E-state index is 6.16. The van der Waals surface area contributed by atoms with Gasteiger partial charge in [0.25, 0.3) is 0 Å². The molecule has 2 rings (SSSR count). The molecule has 0 bridgehead atoms. The van der Waals surface area contributed by atoms with Gasteiger partial charge in [0.1, 0.15) is 0 Å². The van der Waals surface area contributed by atoms with E-state index in [1.54, 1.807) is 0 Å². The van der Waals surface area contributed by atoms with Crippen molar-refractivity contribution in [3.05, 3.63) is 29.3 Å². The van der Waals surface area contributed by atoms with E-state index in [2.05, 4.69) is 17.9 Å². The fourth-order valence-electron chi connectivity index (χ4n) is 1.97. The molecule has 1 aliphatic rings. The van der Waals surface area contributed by atoms with Crippen molar-refractivity contribution in [1.29, 1.82) is 0 Å². The van der Waals surface area contributed by atoms with E-state index in [0.717, 1.165) is 36.6 Å². The summed E-state index contributed by atoms with van der Waals surface area (Å²) < 4.78 is 0. The van der Waals surface area contributed by atoms with Crippen LogP contribution in [0.5, 0.6) is 0 Å². The van der Waals surface area contributed by atoms with Crippen molar-refractivity contribution in [3.63, 3.8) is 0 Å². The topological polar surface area (TPSA) is 29.3 Å². The molecular weight excluding hydrogens is 208 g/mol. The second kappa shape index (κ2) is 4.03. The Balaban J connectivity index is 2.11. The number of piperidine rings is 1. The first-order valence-electron chi connectivity index (χ1n) is 5.37. The first kappa shape index (κ1) is 10.8. The van der Waals surface area contributed by atoms with E-state index in [0.29, 0.717) is 0 Å². The fourth-order valence-corrected chi connectivity index (χ4v) is 2.22. The second-order valence-corrected chi connectivity index (χ2v) is 5.00. The van der Waals surface area contributed by atoms with Gasteiger partial charge in [-0.2, -0.15) is 0 Å². The van der Waals surface area contributed by atoms with Gasteiger partial charge in [0.15, 0.2) is 0 Å². The van der Waals surface area contributed by atoms with Crippen LogP contribution in [-0.2, 0) is 0 Å². The largest absolute Gasteiger partial charge is 0.370 e. The molecule has 0 saturated carbocycles. The van der Waals surface area contributed by atoms with Crippen LogP contribution in [0.3, 0.4) is 0 Å². The molecule has 0 radical (unpaired) electrons. The highest BCUT2D eigenvalue weighted by atomic mass is 35.5. The Labute approximate surface area is 96.0 Å². The van der Waals surface area contributed by atoms with Crippen LogP contribution in [0.25, 0.3) is 0 Å². The lowest BCUT2D eigenvalue weighted by Gasteiger charge is -2.38. The number of anilines is 1. The highest BCUT2D eigenvalue weighted by Crippen LogP contribution is 2.29. The van der Waals surface area contributed by atoms with Crippen molar-refractivity contribution >= 4 is 17.3 Å².